The third-order valence-corrected chi connectivity index (χ3v) is 3.70. The Morgan fingerprint density at radius 2 is 2.05 bits per heavy atom. The van der Waals surface area contributed by atoms with E-state index in [-0.39, 0.29) is 17.5 Å². The molecule has 114 valence electrons. The molecule has 1 heterocycles. The molecule has 2 N–H and O–H groups in total. The van der Waals surface area contributed by atoms with Gasteiger partial charge in [-0.05, 0) is 29.7 Å². The monoisotopic (exact) mass is 291 g/mol. The first-order valence-corrected chi connectivity index (χ1v) is 7.05. The molecule has 1 aromatic carbocycles. The second-order valence-corrected chi connectivity index (χ2v) is 5.45. The van der Waals surface area contributed by atoms with Crippen LogP contribution in [0.4, 0.5) is 4.39 Å². The fourth-order valence-electron chi connectivity index (χ4n) is 2.44. The van der Waals surface area contributed by atoms with Crippen molar-refractivity contribution in [2.24, 2.45) is 12.8 Å². The molecular formula is C16H22FN3O. The number of aryl methyl sites for hydroxylation is 1. The number of hydrogen-bond donors (Lipinski definition) is 1. The number of hydrogen-bond acceptors (Lipinski definition) is 3. The number of nitrogens with zero attached hydrogens (tertiary/aromatic N) is 2. The summed E-state index contributed by atoms with van der Waals surface area (Å²) in [6.45, 7) is 4.58. The second-order valence-electron chi connectivity index (χ2n) is 5.45. The highest BCUT2D eigenvalue weighted by Gasteiger charge is 2.20. The Kier molecular flexibility index (Phi) is 4.63. The van der Waals surface area contributed by atoms with E-state index in [9.17, 15) is 4.39 Å². The van der Waals surface area contributed by atoms with E-state index >= 15 is 0 Å². The summed E-state index contributed by atoms with van der Waals surface area (Å²) in [7, 11) is 3.35. The van der Waals surface area contributed by atoms with Crippen LogP contribution in [-0.4, -0.2) is 23.4 Å². The van der Waals surface area contributed by atoms with E-state index in [2.05, 4.69) is 18.9 Å². The molecule has 0 aliphatic heterocycles. The maximum absolute atomic E-state index is 13.9. The van der Waals surface area contributed by atoms with Gasteiger partial charge in [0.15, 0.2) is 11.6 Å². The number of halogens is 1. The number of methoxy groups -OCH3 is 1. The quantitative estimate of drug-likeness (QED) is 0.921. The summed E-state index contributed by atoms with van der Waals surface area (Å²) in [4.78, 5) is 0. The van der Waals surface area contributed by atoms with Crippen LogP contribution in [0.2, 0.25) is 0 Å². The van der Waals surface area contributed by atoms with Crippen molar-refractivity contribution in [3.63, 3.8) is 0 Å². The first-order valence-electron chi connectivity index (χ1n) is 7.05. The normalized spacial score (nSPS) is 12.7. The largest absolute Gasteiger partial charge is 0.494 e. The van der Waals surface area contributed by atoms with Crippen molar-refractivity contribution in [2.45, 2.75) is 25.7 Å². The minimum absolute atomic E-state index is 0.0876. The van der Waals surface area contributed by atoms with Gasteiger partial charge in [-0.25, -0.2) is 4.39 Å². The first kappa shape index (κ1) is 15.5. The highest BCUT2D eigenvalue weighted by atomic mass is 19.1. The zero-order valence-electron chi connectivity index (χ0n) is 12.9. The van der Waals surface area contributed by atoms with Gasteiger partial charge in [0.25, 0.3) is 0 Å². The van der Waals surface area contributed by atoms with Gasteiger partial charge in [0.05, 0.1) is 12.8 Å². The summed E-state index contributed by atoms with van der Waals surface area (Å²) < 4.78 is 20.7. The van der Waals surface area contributed by atoms with Crippen LogP contribution in [0.1, 0.15) is 42.6 Å². The molecule has 2 aromatic rings. The van der Waals surface area contributed by atoms with E-state index in [1.54, 1.807) is 6.07 Å². The minimum Gasteiger partial charge on any atom is -0.494 e. The smallest absolute Gasteiger partial charge is 0.165 e. The number of rotatable bonds is 5. The van der Waals surface area contributed by atoms with Gasteiger partial charge < -0.3 is 10.5 Å². The molecule has 0 saturated carbocycles. The van der Waals surface area contributed by atoms with E-state index < -0.39 is 0 Å². The third kappa shape index (κ3) is 3.08. The molecule has 1 atom stereocenters. The van der Waals surface area contributed by atoms with Gasteiger partial charge in [-0.1, -0.05) is 19.9 Å². The van der Waals surface area contributed by atoms with Crippen molar-refractivity contribution in [2.75, 3.05) is 13.7 Å². The molecule has 0 aliphatic carbocycles. The molecule has 0 saturated heterocycles. The van der Waals surface area contributed by atoms with Crippen LogP contribution in [0, 0.1) is 5.82 Å². The molecule has 0 spiro atoms. The number of benzene rings is 1. The summed E-state index contributed by atoms with van der Waals surface area (Å²) in [5, 5.41) is 4.50. The lowest BCUT2D eigenvalue weighted by atomic mass is 9.94. The van der Waals surface area contributed by atoms with Gasteiger partial charge in [-0.15, -0.1) is 0 Å². The molecule has 0 amide bonds. The summed E-state index contributed by atoms with van der Waals surface area (Å²) in [5.41, 5.74) is 8.75. The first-order chi connectivity index (χ1) is 9.97. The Hall–Kier alpha value is -1.88. The van der Waals surface area contributed by atoms with Gasteiger partial charge in [-0.2, -0.15) is 5.10 Å². The van der Waals surface area contributed by atoms with Gasteiger partial charge in [-0.3, -0.25) is 4.68 Å². The Balaban J connectivity index is 2.42. The number of aromatic nitrogens is 2. The minimum atomic E-state index is -0.375. The van der Waals surface area contributed by atoms with E-state index in [0.29, 0.717) is 12.5 Å². The second kappa shape index (κ2) is 6.26. The Morgan fingerprint density at radius 3 is 2.52 bits per heavy atom. The Bertz CT molecular complexity index is 622. The molecule has 0 radical (unpaired) electrons. The van der Waals surface area contributed by atoms with Gasteiger partial charge in [0, 0.05) is 25.2 Å². The van der Waals surface area contributed by atoms with Crippen molar-refractivity contribution in [3.8, 4) is 5.75 Å². The average molecular weight is 291 g/mol. The third-order valence-electron chi connectivity index (χ3n) is 3.70. The lowest BCUT2D eigenvalue weighted by molar-refractivity contribution is 0.386. The van der Waals surface area contributed by atoms with Crippen molar-refractivity contribution in [1.82, 2.24) is 9.78 Å². The summed E-state index contributed by atoms with van der Waals surface area (Å²) in [6.07, 6.45) is 0. The molecule has 0 aliphatic rings. The molecule has 0 bridgehead atoms. The van der Waals surface area contributed by atoms with Gasteiger partial charge >= 0.3 is 0 Å². The molecule has 21 heavy (non-hydrogen) atoms. The molecular weight excluding hydrogens is 269 g/mol. The SMILES string of the molecule is COc1ccc(C(CN)c2cc(C(C)C)nn2C)cc1F. The van der Waals surface area contributed by atoms with Crippen molar-refractivity contribution in [1.29, 1.82) is 0 Å². The molecule has 4 nitrogen and oxygen atoms in total. The van der Waals surface area contributed by atoms with Crippen molar-refractivity contribution >= 4 is 0 Å². The molecule has 1 unspecified atom stereocenters. The fraction of sp³-hybridized carbons (Fsp3) is 0.438. The Labute approximate surface area is 124 Å². The van der Waals surface area contributed by atoms with Crippen LogP contribution in [0.3, 0.4) is 0 Å². The average Bonchev–Trinajstić information content (AvgIpc) is 2.82. The fourth-order valence-corrected chi connectivity index (χ4v) is 2.44. The standard InChI is InChI=1S/C16H22FN3O/c1-10(2)14-8-15(20(3)19-14)12(9-18)11-5-6-16(21-4)13(17)7-11/h5-8,10,12H,9,18H2,1-4H3. The predicted octanol–water partition coefficient (Wildman–Crippen LogP) is 2.78. The van der Waals surface area contributed by atoms with Gasteiger partial charge in [0.2, 0.25) is 0 Å². The summed E-state index contributed by atoms with van der Waals surface area (Å²) in [5.74, 6) is 0.119. The lowest BCUT2D eigenvalue weighted by Gasteiger charge is -2.16. The topological polar surface area (TPSA) is 53.1 Å². The Morgan fingerprint density at radius 1 is 1.33 bits per heavy atom. The van der Waals surface area contributed by atoms with Crippen LogP contribution in [-0.2, 0) is 7.05 Å². The van der Waals surface area contributed by atoms with E-state index in [4.69, 9.17) is 10.5 Å². The van der Waals surface area contributed by atoms with Crippen molar-refractivity contribution < 1.29 is 9.13 Å². The maximum atomic E-state index is 13.9. The van der Waals surface area contributed by atoms with E-state index in [1.165, 1.54) is 13.2 Å². The van der Waals surface area contributed by atoms with Crippen molar-refractivity contribution in [3.05, 3.63) is 47.0 Å². The zero-order valence-corrected chi connectivity index (χ0v) is 12.9. The van der Waals surface area contributed by atoms with Crippen LogP contribution in [0.15, 0.2) is 24.3 Å². The van der Waals surface area contributed by atoms with E-state index in [1.807, 2.05) is 23.9 Å². The summed E-state index contributed by atoms with van der Waals surface area (Å²) >= 11 is 0. The van der Waals surface area contributed by atoms with Crippen LogP contribution >= 0.6 is 0 Å². The summed E-state index contributed by atoms with van der Waals surface area (Å²) in [6, 6.07) is 7.01. The predicted molar refractivity (Wildman–Crippen MR) is 81.1 cm³/mol. The zero-order chi connectivity index (χ0) is 15.6. The molecule has 5 heteroatoms. The number of ether oxygens (including phenoxy) is 1. The lowest BCUT2D eigenvalue weighted by Crippen LogP contribution is -2.17. The molecule has 0 fully saturated rings. The molecule has 2 rings (SSSR count). The highest BCUT2D eigenvalue weighted by Crippen LogP contribution is 2.29. The highest BCUT2D eigenvalue weighted by molar-refractivity contribution is 5.36. The van der Waals surface area contributed by atoms with Crippen LogP contribution in [0.5, 0.6) is 5.75 Å². The molecule has 1 aromatic heterocycles. The van der Waals surface area contributed by atoms with Crippen LogP contribution < -0.4 is 10.5 Å². The van der Waals surface area contributed by atoms with Gasteiger partial charge in [0.1, 0.15) is 0 Å². The van der Waals surface area contributed by atoms with E-state index in [0.717, 1.165) is 17.0 Å². The van der Waals surface area contributed by atoms with Crippen LogP contribution in [0.25, 0.3) is 0 Å². The number of nitrogens with two attached hydrogens (primary N) is 1. The maximum Gasteiger partial charge on any atom is 0.165 e.